The first-order valence-corrected chi connectivity index (χ1v) is 6.03. The smallest absolute Gasteiger partial charge is 0.187 e. The third-order valence-electron chi connectivity index (χ3n) is 2.46. The number of ketones is 1. The minimum absolute atomic E-state index is 0.0776. The fourth-order valence-corrected chi connectivity index (χ4v) is 1.81. The number of hydrogen-bond acceptors (Lipinski definition) is 1. The second-order valence-corrected chi connectivity index (χ2v) is 4.26. The van der Waals surface area contributed by atoms with Crippen molar-refractivity contribution in [1.29, 1.82) is 0 Å². The summed E-state index contributed by atoms with van der Waals surface area (Å²) in [4.78, 5) is 11.9. The fourth-order valence-electron chi connectivity index (χ4n) is 1.41. The van der Waals surface area contributed by atoms with Crippen LogP contribution in [0.2, 0.25) is 10.0 Å². The predicted octanol–water partition coefficient (Wildman–Crippen LogP) is 4.92. The average molecular weight is 257 g/mol. The molecule has 0 N–H and O–H groups in total. The molecule has 86 valence electrons. The minimum Gasteiger partial charge on any atom is -0.289 e. The molecular formula is C13H14Cl2O. The molecule has 1 nitrogen and oxygen atoms in total. The van der Waals surface area contributed by atoms with E-state index in [1.54, 1.807) is 24.3 Å². The third-order valence-corrected chi connectivity index (χ3v) is 3.28. The third kappa shape index (κ3) is 3.10. The summed E-state index contributed by atoms with van der Waals surface area (Å²) in [6, 6.07) is 5.09. The number of hydrogen-bond donors (Lipinski definition) is 0. The Hall–Kier alpha value is -0.790. The number of carbonyl (C=O) groups excluding carboxylic acids is 1. The summed E-state index contributed by atoms with van der Waals surface area (Å²) in [6.45, 7) is 4.06. The lowest BCUT2D eigenvalue weighted by atomic mass is 10.0. The molecule has 1 aromatic rings. The second-order valence-electron chi connectivity index (χ2n) is 3.48. The highest BCUT2D eigenvalue weighted by Gasteiger charge is 2.10. The Labute approximate surface area is 106 Å². The topological polar surface area (TPSA) is 17.1 Å². The van der Waals surface area contributed by atoms with Crippen LogP contribution in [-0.2, 0) is 0 Å². The van der Waals surface area contributed by atoms with Crippen LogP contribution >= 0.6 is 23.2 Å². The fraction of sp³-hybridized carbons (Fsp3) is 0.308. The van der Waals surface area contributed by atoms with E-state index in [0.29, 0.717) is 15.6 Å². The van der Waals surface area contributed by atoms with Gasteiger partial charge in [-0.25, -0.2) is 0 Å². The summed E-state index contributed by atoms with van der Waals surface area (Å²) in [5.41, 5.74) is 1.58. The molecule has 1 rings (SSSR count). The van der Waals surface area contributed by atoms with Crippen LogP contribution in [0, 0.1) is 0 Å². The Morgan fingerprint density at radius 2 is 1.88 bits per heavy atom. The Morgan fingerprint density at radius 3 is 2.44 bits per heavy atom. The van der Waals surface area contributed by atoms with Gasteiger partial charge in [-0.3, -0.25) is 4.79 Å². The highest BCUT2D eigenvalue weighted by Crippen LogP contribution is 2.26. The second kappa shape index (κ2) is 6.07. The molecule has 0 heterocycles. The lowest BCUT2D eigenvalue weighted by molar-refractivity contribution is 0.104. The van der Waals surface area contributed by atoms with Crippen molar-refractivity contribution in [1.82, 2.24) is 0 Å². The Balaban J connectivity index is 3.06. The van der Waals surface area contributed by atoms with Crippen LogP contribution in [0.3, 0.4) is 0 Å². The molecule has 0 fully saturated rings. The number of benzene rings is 1. The van der Waals surface area contributed by atoms with Gasteiger partial charge in [0.25, 0.3) is 0 Å². The summed E-state index contributed by atoms with van der Waals surface area (Å²) in [7, 11) is 0. The van der Waals surface area contributed by atoms with E-state index < -0.39 is 0 Å². The zero-order valence-corrected chi connectivity index (χ0v) is 10.9. The summed E-state index contributed by atoms with van der Waals surface area (Å²) in [5.74, 6) is -0.0776. The SMILES string of the molecule is CCC(=CC(=O)c1cccc(Cl)c1Cl)CC. The van der Waals surface area contributed by atoms with Gasteiger partial charge in [0.2, 0.25) is 0 Å². The van der Waals surface area contributed by atoms with Crippen molar-refractivity contribution in [2.45, 2.75) is 26.7 Å². The van der Waals surface area contributed by atoms with Gasteiger partial charge in [0.05, 0.1) is 10.0 Å². The first-order chi connectivity index (χ1) is 7.60. The van der Waals surface area contributed by atoms with Crippen molar-refractivity contribution in [3.63, 3.8) is 0 Å². The van der Waals surface area contributed by atoms with Crippen molar-refractivity contribution >= 4 is 29.0 Å². The number of allylic oxidation sites excluding steroid dienone is 2. The van der Waals surface area contributed by atoms with Gasteiger partial charge in [-0.15, -0.1) is 0 Å². The van der Waals surface area contributed by atoms with Crippen LogP contribution in [-0.4, -0.2) is 5.78 Å². The van der Waals surface area contributed by atoms with Crippen LogP contribution in [0.25, 0.3) is 0 Å². The summed E-state index contributed by atoms with van der Waals surface area (Å²) in [6.07, 6.45) is 3.40. The maximum atomic E-state index is 11.9. The van der Waals surface area contributed by atoms with E-state index in [-0.39, 0.29) is 5.78 Å². The Morgan fingerprint density at radius 1 is 1.25 bits per heavy atom. The van der Waals surface area contributed by atoms with Crippen LogP contribution in [0.4, 0.5) is 0 Å². The molecule has 0 aliphatic rings. The van der Waals surface area contributed by atoms with Crippen molar-refractivity contribution in [2.75, 3.05) is 0 Å². The van der Waals surface area contributed by atoms with E-state index in [1.807, 2.05) is 13.8 Å². The molecule has 0 atom stereocenters. The standard InChI is InChI=1S/C13H14Cl2O/c1-3-9(4-2)8-12(16)10-6-5-7-11(14)13(10)15/h5-8H,3-4H2,1-2H3. The molecule has 0 radical (unpaired) electrons. The highest BCUT2D eigenvalue weighted by atomic mass is 35.5. The lowest BCUT2D eigenvalue weighted by Gasteiger charge is -2.03. The monoisotopic (exact) mass is 256 g/mol. The molecule has 0 aliphatic heterocycles. The molecular weight excluding hydrogens is 243 g/mol. The molecule has 3 heteroatoms. The van der Waals surface area contributed by atoms with E-state index in [0.717, 1.165) is 18.4 Å². The van der Waals surface area contributed by atoms with Crippen molar-refractivity contribution in [3.05, 3.63) is 45.5 Å². The molecule has 0 amide bonds. The summed E-state index contributed by atoms with van der Waals surface area (Å²) < 4.78 is 0. The van der Waals surface area contributed by atoms with Gasteiger partial charge in [0.1, 0.15) is 0 Å². The maximum Gasteiger partial charge on any atom is 0.187 e. The minimum atomic E-state index is -0.0776. The van der Waals surface area contributed by atoms with Crippen LogP contribution in [0.15, 0.2) is 29.8 Å². The molecule has 0 aliphatic carbocycles. The van der Waals surface area contributed by atoms with Crippen molar-refractivity contribution < 1.29 is 4.79 Å². The van der Waals surface area contributed by atoms with Gasteiger partial charge in [-0.2, -0.15) is 0 Å². The Bertz CT molecular complexity index is 416. The first-order valence-electron chi connectivity index (χ1n) is 5.27. The zero-order valence-electron chi connectivity index (χ0n) is 9.39. The molecule has 1 aromatic carbocycles. The quantitative estimate of drug-likeness (QED) is 0.552. The molecule has 0 saturated carbocycles. The largest absolute Gasteiger partial charge is 0.289 e. The van der Waals surface area contributed by atoms with Gasteiger partial charge < -0.3 is 0 Å². The lowest BCUT2D eigenvalue weighted by Crippen LogP contribution is -1.97. The first kappa shape index (κ1) is 13.3. The number of rotatable bonds is 4. The van der Waals surface area contributed by atoms with Crippen molar-refractivity contribution in [3.8, 4) is 0 Å². The molecule has 0 spiro atoms. The van der Waals surface area contributed by atoms with Gasteiger partial charge in [0, 0.05) is 5.56 Å². The van der Waals surface area contributed by atoms with Crippen LogP contribution < -0.4 is 0 Å². The number of carbonyl (C=O) groups is 1. The molecule has 0 unspecified atom stereocenters. The van der Waals surface area contributed by atoms with E-state index in [9.17, 15) is 4.79 Å². The van der Waals surface area contributed by atoms with Gasteiger partial charge >= 0.3 is 0 Å². The van der Waals surface area contributed by atoms with Crippen molar-refractivity contribution in [2.24, 2.45) is 0 Å². The normalized spacial score (nSPS) is 10.0. The number of halogens is 2. The zero-order chi connectivity index (χ0) is 12.1. The molecule has 0 aromatic heterocycles. The highest BCUT2D eigenvalue weighted by molar-refractivity contribution is 6.44. The van der Waals surface area contributed by atoms with E-state index >= 15 is 0 Å². The maximum absolute atomic E-state index is 11.9. The van der Waals surface area contributed by atoms with E-state index in [2.05, 4.69) is 0 Å². The van der Waals surface area contributed by atoms with Crippen LogP contribution in [0.1, 0.15) is 37.0 Å². The molecule has 16 heavy (non-hydrogen) atoms. The van der Waals surface area contributed by atoms with Gasteiger partial charge in [-0.05, 0) is 31.1 Å². The van der Waals surface area contributed by atoms with E-state index in [4.69, 9.17) is 23.2 Å². The summed E-state index contributed by atoms with van der Waals surface area (Å²) in [5, 5.41) is 0.743. The van der Waals surface area contributed by atoms with Crippen LogP contribution in [0.5, 0.6) is 0 Å². The van der Waals surface area contributed by atoms with Gasteiger partial charge in [0.15, 0.2) is 5.78 Å². The molecule has 0 saturated heterocycles. The van der Waals surface area contributed by atoms with E-state index in [1.165, 1.54) is 0 Å². The molecule has 0 bridgehead atoms. The Kier molecular flexibility index (Phi) is 5.04. The van der Waals surface area contributed by atoms with Gasteiger partial charge in [-0.1, -0.05) is 48.7 Å². The predicted molar refractivity (Wildman–Crippen MR) is 69.5 cm³/mol. The average Bonchev–Trinajstić information content (AvgIpc) is 2.29. The summed E-state index contributed by atoms with van der Waals surface area (Å²) >= 11 is 11.8.